The topological polar surface area (TPSA) is 98.7 Å². The molecule has 1 aromatic carbocycles. The molecule has 0 radical (unpaired) electrons. The Hall–Kier alpha value is -2.24. The van der Waals surface area contributed by atoms with Crippen LogP contribution in [0.3, 0.4) is 0 Å². The minimum absolute atomic E-state index is 0.192. The van der Waals surface area contributed by atoms with Gasteiger partial charge in [0.25, 0.3) is 5.91 Å². The standard InChI is InChI=1S/C12H15N3O3/c1-12(2)11(17)15(6-10(14)16)8-5-7(13)3-4-9(8)18-12/h3-5H,6,13H2,1-2H3,(H2,14,16). The van der Waals surface area contributed by atoms with Crippen molar-refractivity contribution >= 4 is 23.2 Å². The van der Waals surface area contributed by atoms with Gasteiger partial charge in [-0.1, -0.05) is 0 Å². The van der Waals surface area contributed by atoms with Crippen molar-refractivity contribution in [2.75, 3.05) is 17.2 Å². The van der Waals surface area contributed by atoms with Gasteiger partial charge in [0, 0.05) is 5.69 Å². The number of hydrogen-bond donors (Lipinski definition) is 2. The lowest BCUT2D eigenvalue weighted by Gasteiger charge is -2.38. The zero-order valence-electron chi connectivity index (χ0n) is 10.3. The number of amides is 2. The van der Waals surface area contributed by atoms with Crippen LogP contribution in [0.25, 0.3) is 0 Å². The highest BCUT2D eigenvalue weighted by Crippen LogP contribution is 2.38. The summed E-state index contributed by atoms with van der Waals surface area (Å²) in [6, 6.07) is 4.94. The summed E-state index contributed by atoms with van der Waals surface area (Å²) in [5.74, 6) is -0.399. The molecule has 0 saturated heterocycles. The molecule has 1 heterocycles. The maximum atomic E-state index is 12.2. The van der Waals surface area contributed by atoms with E-state index < -0.39 is 11.5 Å². The summed E-state index contributed by atoms with van der Waals surface area (Å²) in [5.41, 5.74) is 10.8. The summed E-state index contributed by atoms with van der Waals surface area (Å²) in [7, 11) is 0. The van der Waals surface area contributed by atoms with E-state index >= 15 is 0 Å². The van der Waals surface area contributed by atoms with Gasteiger partial charge in [0.2, 0.25) is 5.91 Å². The maximum absolute atomic E-state index is 12.2. The quantitative estimate of drug-likeness (QED) is 0.734. The molecule has 96 valence electrons. The molecule has 0 fully saturated rings. The van der Waals surface area contributed by atoms with E-state index in [0.717, 1.165) is 0 Å². The van der Waals surface area contributed by atoms with Gasteiger partial charge < -0.3 is 16.2 Å². The summed E-state index contributed by atoms with van der Waals surface area (Å²) in [6.45, 7) is 3.09. The van der Waals surface area contributed by atoms with E-state index in [1.54, 1.807) is 32.0 Å². The Labute approximate surface area is 104 Å². The molecule has 0 aromatic heterocycles. The highest BCUT2D eigenvalue weighted by atomic mass is 16.5. The van der Waals surface area contributed by atoms with Crippen molar-refractivity contribution in [1.29, 1.82) is 0 Å². The molecule has 6 nitrogen and oxygen atoms in total. The minimum Gasteiger partial charge on any atom is -0.476 e. The molecular formula is C12H15N3O3. The molecule has 0 bridgehead atoms. The van der Waals surface area contributed by atoms with Crippen molar-refractivity contribution in [3.05, 3.63) is 18.2 Å². The van der Waals surface area contributed by atoms with Gasteiger partial charge in [-0.25, -0.2) is 0 Å². The van der Waals surface area contributed by atoms with Crippen molar-refractivity contribution in [3.63, 3.8) is 0 Å². The fourth-order valence-corrected chi connectivity index (χ4v) is 1.90. The first-order chi connectivity index (χ1) is 8.31. The Kier molecular flexibility index (Phi) is 2.65. The fourth-order valence-electron chi connectivity index (χ4n) is 1.90. The van der Waals surface area contributed by atoms with Gasteiger partial charge in [0.05, 0.1) is 5.69 Å². The first kappa shape index (κ1) is 12.2. The van der Waals surface area contributed by atoms with Crippen molar-refractivity contribution in [2.45, 2.75) is 19.4 Å². The summed E-state index contributed by atoms with van der Waals surface area (Å²) in [6.07, 6.45) is 0. The zero-order valence-corrected chi connectivity index (χ0v) is 10.3. The Bertz CT molecular complexity index is 525. The summed E-state index contributed by atoms with van der Waals surface area (Å²) >= 11 is 0. The van der Waals surface area contributed by atoms with Gasteiger partial charge in [-0.15, -0.1) is 0 Å². The summed E-state index contributed by atoms with van der Waals surface area (Å²) < 4.78 is 5.60. The molecule has 0 unspecified atom stereocenters. The average Bonchev–Trinajstić information content (AvgIpc) is 2.25. The smallest absolute Gasteiger partial charge is 0.271 e. The molecule has 0 atom stereocenters. The number of ether oxygens (including phenoxy) is 1. The molecule has 1 aromatic rings. The molecule has 1 aliphatic rings. The molecule has 2 rings (SSSR count). The van der Waals surface area contributed by atoms with Gasteiger partial charge in [-0.2, -0.15) is 0 Å². The van der Waals surface area contributed by atoms with E-state index in [4.69, 9.17) is 16.2 Å². The minimum atomic E-state index is -1.03. The second kappa shape index (κ2) is 3.90. The molecule has 0 spiro atoms. The predicted molar refractivity (Wildman–Crippen MR) is 67.1 cm³/mol. The van der Waals surface area contributed by atoms with Crippen molar-refractivity contribution in [2.24, 2.45) is 5.73 Å². The van der Waals surface area contributed by atoms with Crippen molar-refractivity contribution in [1.82, 2.24) is 0 Å². The number of primary amides is 1. The largest absolute Gasteiger partial charge is 0.476 e. The molecule has 1 aliphatic heterocycles. The molecule has 0 saturated carbocycles. The number of hydrogen-bond acceptors (Lipinski definition) is 4. The van der Waals surface area contributed by atoms with Crippen molar-refractivity contribution < 1.29 is 14.3 Å². The Morgan fingerprint density at radius 3 is 2.72 bits per heavy atom. The van der Waals surface area contributed by atoms with Crippen LogP contribution >= 0.6 is 0 Å². The van der Waals surface area contributed by atoms with E-state index in [-0.39, 0.29) is 12.5 Å². The molecule has 4 N–H and O–H groups in total. The third kappa shape index (κ3) is 1.97. The Balaban J connectivity index is 2.53. The number of nitrogens with zero attached hydrogens (tertiary/aromatic N) is 1. The van der Waals surface area contributed by atoms with E-state index in [1.165, 1.54) is 4.90 Å². The van der Waals surface area contributed by atoms with Crippen LogP contribution in [0.2, 0.25) is 0 Å². The SMILES string of the molecule is CC1(C)Oc2ccc(N)cc2N(CC(N)=O)C1=O. The second-order valence-electron chi connectivity index (χ2n) is 4.70. The summed E-state index contributed by atoms with van der Waals surface area (Å²) in [5, 5.41) is 0. The third-order valence-electron chi connectivity index (χ3n) is 2.71. The van der Waals surface area contributed by atoms with E-state index in [0.29, 0.717) is 17.1 Å². The lowest BCUT2D eigenvalue weighted by molar-refractivity contribution is -0.133. The molecular weight excluding hydrogens is 234 g/mol. The zero-order chi connectivity index (χ0) is 13.5. The van der Waals surface area contributed by atoms with E-state index in [9.17, 15) is 9.59 Å². The first-order valence-electron chi connectivity index (χ1n) is 5.50. The fraction of sp³-hybridized carbons (Fsp3) is 0.333. The number of nitrogens with two attached hydrogens (primary N) is 2. The molecule has 2 amide bonds. The van der Waals surface area contributed by atoms with Crippen LogP contribution in [0.4, 0.5) is 11.4 Å². The first-order valence-corrected chi connectivity index (χ1v) is 5.50. The number of rotatable bonds is 2. The molecule has 18 heavy (non-hydrogen) atoms. The van der Waals surface area contributed by atoms with Crippen LogP contribution in [0, 0.1) is 0 Å². The Morgan fingerprint density at radius 1 is 1.44 bits per heavy atom. The number of anilines is 2. The Morgan fingerprint density at radius 2 is 2.11 bits per heavy atom. The maximum Gasteiger partial charge on any atom is 0.271 e. The number of carbonyl (C=O) groups excluding carboxylic acids is 2. The summed E-state index contributed by atoms with van der Waals surface area (Å²) in [4.78, 5) is 24.6. The highest BCUT2D eigenvalue weighted by Gasteiger charge is 2.41. The second-order valence-corrected chi connectivity index (χ2v) is 4.70. The van der Waals surface area contributed by atoms with Gasteiger partial charge in [-0.3, -0.25) is 14.5 Å². The van der Waals surface area contributed by atoms with E-state index in [2.05, 4.69) is 0 Å². The normalized spacial score (nSPS) is 17.0. The average molecular weight is 249 g/mol. The van der Waals surface area contributed by atoms with E-state index in [1.807, 2.05) is 0 Å². The third-order valence-corrected chi connectivity index (χ3v) is 2.71. The van der Waals surface area contributed by atoms with Crippen LogP contribution in [0.5, 0.6) is 5.75 Å². The van der Waals surface area contributed by atoms with Crippen LogP contribution in [0.15, 0.2) is 18.2 Å². The van der Waals surface area contributed by atoms with Gasteiger partial charge in [-0.05, 0) is 32.0 Å². The molecule has 0 aliphatic carbocycles. The lowest BCUT2D eigenvalue weighted by atomic mass is 10.0. The van der Waals surface area contributed by atoms with Gasteiger partial charge in [0.1, 0.15) is 12.3 Å². The number of fused-ring (bicyclic) bond motifs is 1. The predicted octanol–water partition coefficient (Wildman–Crippen LogP) is 0.258. The van der Waals surface area contributed by atoms with Gasteiger partial charge >= 0.3 is 0 Å². The monoisotopic (exact) mass is 249 g/mol. The highest BCUT2D eigenvalue weighted by molar-refractivity contribution is 6.05. The number of carbonyl (C=O) groups is 2. The van der Waals surface area contributed by atoms with Crippen LogP contribution in [-0.2, 0) is 9.59 Å². The molecule has 6 heteroatoms. The van der Waals surface area contributed by atoms with Crippen LogP contribution < -0.4 is 21.1 Å². The van der Waals surface area contributed by atoms with Crippen molar-refractivity contribution in [3.8, 4) is 5.75 Å². The number of benzene rings is 1. The van der Waals surface area contributed by atoms with Gasteiger partial charge in [0.15, 0.2) is 5.60 Å². The number of nitrogen functional groups attached to an aromatic ring is 1. The lowest BCUT2D eigenvalue weighted by Crippen LogP contribution is -2.54. The van der Waals surface area contributed by atoms with Crippen LogP contribution in [-0.4, -0.2) is 24.0 Å². The van der Waals surface area contributed by atoms with Crippen LogP contribution in [0.1, 0.15) is 13.8 Å².